The summed E-state index contributed by atoms with van der Waals surface area (Å²) in [6.45, 7) is 5.51. The Hall–Kier alpha value is -3.76. The van der Waals surface area contributed by atoms with E-state index in [1.807, 2.05) is 0 Å². The van der Waals surface area contributed by atoms with Gasteiger partial charge in [0, 0.05) is 23.7 Å². The highest BCUT2D eigenvalue weighted by Crippen LogP contribution is 2.32. The largest absolute Gasteiger partial charge is 0.433 e. The summed E-state index contributed by atoms with van der Waals surface area (Å²) in [6, 6.07) is 9.67. The van der Waals surface area contributed by atoms with E-state index in [4.69, 9.17) is 0 Å². The van der Waals surface area contributed by atoms with E-state index in [2.05, 4.69) is 20.5 Å². The van der Waals surface area contributed by atoms with Gasteiger partial charge in [-0.2, -0.15) is 23.4 Å². The normalized spacial score (nSPS) is 12.3. The molecule has 0 aliphatic heterocycles. The first-order valence-electron chi connectivity index (χ1n) is 9.98. The molecule has 0 saturated carbocycles. The van der Waals surface area contributed by atoms with Crippen LogP contribution in [-0.2, 0) is 18.1 Å². The maximum absolute atomic E-state index is 13.6. The Labute approximate surface area is 186 Å². The lowest BCUT2D eigenvalue weighted by Crippen LogP contribution is -2.20. The molecule has 1 aromatic carbocycles. The van der Waals surface area contributed by atoms with Crippen molar-refractivity contribution in [3.63, 3.8) is 0 Å². The molecule has 0 radical (unpaired) electrons. The average Bonchev–Trinajstić information content (AvgIpc) is 3.32. The lowest BCUT2D eigenvalue weighted by Gasteiger charge is -2.19. The molecule has 33 heavy (non-hydrogen) atoms. The second-order valence-electron chi connectivity index (χ2n) is 8.56. The molecule has 3 heterocycles. The van der Waals surface area contributed by atoms with Crippen LogP contribution in [0.5, 0.6) is 0 Å². The quantitative estimate of drug-likeness (QED) is 0.449. The van der Waals surface area contributed by atoms with Crippen LogP contribution in [0.15, 0.2) is 48.7 Å². The molecule has 11 heteroatoms. The standard InChI is InChI=1S/C22H20F4N6O/c1-21(2,3)16-11-17(22(24,25)26)32-19(27-16)10-15(29-32)20(33)28-18-7-8-31(30-18)12-13-5-4-6-14(23)9-13/h4-11H,12H2,1-3H3,(H,28,30,33). The molecular formula is C22H20F4N6O. The molecule has 0 atom stereocenters. The minimum Gasteiger partial charge on any atom is -0.304 e. The number of aromatic nitrogens is 5. The Bertz CT molecular complexity index is 1330. The van der Waals surface area contributed by atoms with E-state index < -0.39 is 23.2 Å². The van der Waals surface area contributed by atoms with Crippen LogP contribution >= 0.6 is 0 Å². The van der Waals surface area contributed by atoms with Gasteiger partial charge in [0.25, 0.3) is 5.91 Å². The number of benzene rings is 1. The van der Waals surface area contributed by atoms with Crippen LogP contribution in [0, 0.1) is 5.82 Å². The Morgan fingerprint density at radius 2 is 1.82 bits per heavy atom. The zero-order chi connectivity index (χ0) is 24.0. The van der Waals surface area contributed by atoms with E-state index in [0.717, 1.165) is 6.07 Å². The first-order chi connectivity index (χ1) is 15.4. The van der Waals surface area contributed by atoms with Gasteiger partial charge in [-0.1, -0.05) is 32.9 Å². The monoisotopic (exact) mass is 460 g/mol. The van der Waals surface area contributed by atoms with Crippen molar-refractivity contribution in [2.45, 2.75) is 38.9 Å². The molecule has 3 aromatic heterocycles. The van der Waals surface area contributed by atoms with E-state index in [1.54, 1.807) is 39.1 Å². The number of carbonyl (C=O) groups excluding carboxylic acids is 1. The number of alkyl halides is 3. The maximum Gasteiger partial charge on any atom is 0.433 e. The van der Waals surface area contributed by atoms with Crippen molar-refractivity contribution < 1.29 is 22.4 Å². The van der Waals surface area contributed by atoms with Gasteiger partial charge >= 0.3 is 6.18 Å². The summed E-state index contributed by atoms with van der Waals surface area (Å²) < 4.78 is 56.3. The van der Waals surface area contributed by atoms with Gasteiger partial charge in [-0.15, -0.1) is 0 Å². The van der Waals surface area contributed by atoms with Crippen LogP contribution in [0.25, 0.3) is 5.65 Å². The summed E-state index contributed by atoms with van der Waals surface area (Å²) in [4.78, 5) is 16.9. The highest BCUT2D eigenvalue weighted by molar-refractivity contribution is 6.02. The van der Waals surface area contributed by atoms with Crippen LogP contribution < -0.4 is 5.32 Å². The Kier molecular flexibility index (Phi) is 5.43. The fourth-order valence-electron chi connectivity index (χ4n) is 3.19. The fraction of sp³-hybridized carbons (Fsp3) is 0.273. The summed E-state index contributed by atoms with van der Waals surface area (Å²) >= 11 is 0. The van der Waals surface area contributed by atoms with E-state index in [0.29, 0.717) is 10.1 Å². The van der Waals surface area contributed by atoms with E-state index in [1.165, 1.54) is 28.9 Å². The lowest BCUT2D eigenvalue weighted by atomic mass is 9.91. The number of hydrogen-bond acceptors (Lipinski definition) is 4. The van der Waals surface area contributed by atoms with Crippen molar-refractivity contribution in [3.8, 4) is 0 Å². The molecule has 172 valence electrons. The van der Waals surface area contributed by atoms with Crippen molar-refractivity contribution in [1.82, 2.24) is 24.4 Å². The van der Waals surface area contributed by atoms with Gasteiger partial charge in [-0.05, 0) is 23.8 Å². The highest BCUT2D eigenvalue weighted by Gasteiger charge is 2.36. The SMILES string of the molecule is CC(C)(C)c1cc(C(F)(F)F)n2nc(C(=O)Nc3ccn(Cc4cccc(F)c4)n3)cc2n1. The van der Waals surface area contributed by atoms with Crippen LogP contribution in [0.2, 0.25) is 0 Å². The van der Waals surface area contributed by atoms with E-state index >= 15 is 0 Å². The van der Waals surface area contributed by atoms with Gasteiger partial charge in [0.15, 0.2) is 17.2 Å². The molecule has 0 saturated heterocycles. The maximum atomic E-state index is 13.6. The van der Waals surface area contributed by atoms with Crippen molar-refractivity contribution in [1.29, 1.82) is 0 Å². The van der Waals surface area contributed by atoms with Crippen LogP contribution in [0.3, 0.4) is 0 Å². The number of halogens is 4. The summed E-state index contributed by atoms with van der Waals surface area (Å²) in [5.41, 5.74) is -1.07. The predicted molar refractivity (Wildman–Crippen MR) is 112 cm³/mol. The first-order valence-corrected chi connectivity index (χ1v) is 9.98. The zero-order valence-electron chi connectivity index (χ0n) is 18.0. The first kappa shape index (κ1) is 22.4. The van der Waals surface area contributed by atoms with Gasteiger partial charge < -0.3 is 5.32 Å². The minimum absolute atomic E-state index is 0.0865. The molecule has 0 unspecified atom stereocenters. The molecule has 0 bridgehead atoms. The fourth-order valence-corrected chi connectivity index (χ4v) is 3.19. The second-order valence-corrected chi connectivity index (χ2v) is 8.56. The smallest absolute Gasteiger partial charge is 0.304 e. The van der Waals surface area contributed by atoms with E-state index in [-0.39, 0.29) is 35.2 Å². The second kappa shape index (κ2) is 7.98. The number of carbonyl (C=O) groups is 1. The number of nitrogens with one attached hydrogen (secondary N) is 1. The van der Waals surface area contributed by atoms with Crippen molar-refractivity contribution in [2.24, 2.45) is 0 Å². The summed E-state index contributed by atoms with van der Waals surface area (Å²) in [5.74, 6) is -0.934. The number of amides is 1. The third-order valence-electron chi connectivity index (χ3n) is 4.83. The van der Waals surface area contributed by atoms with Gasteiger partial charge in [0.1, 0.15) is 11.5 Å². The van der Waals surface area contributed by atoms with Crippen LogP contribution in [0.4, 0.5) is 23.4 Å². The van der Waals surface area contributed by atoms with Gasteiger partial charge in [-0.3, -0.25) is 9.48 Å². The average molecular weight is 460 g/mol. The predicted octanol–water partition coefficient (Wildman–Crippen LogP) is 4.68. The molecule has 0 aliphatic rings. The summed E-state index contributed by atoms with van der Waals surface area (Å²) in [7, 11) is 0. The molecule has 0 spiro atoms. The molecule has 4 rings (SSSR count). The topological polar surface area (TPSA) is 77.1 Å². The molecule has 0 aliphatic carbocycles. The minimum atomic E-state index is -4.68. The third kappa shape index (κ3) is 4.86. The summed E-state index contributed by atoms with van der Waals surface area (Å²) in [5, 5.41) is 10.5. The van der Waals surface area contributed by atoms with Gasteiger partial charge in [0.2, 0.25) is 0 Å². The van der Waals surface area contributed by atoms with E-state index in [9.17, 15) is 22.4 Å². The van der Waals surface area contributed by atoms with Crippen molar-refractivity contribution >= 4 is 17.4 Å². The third-order valence-corrected chi connectivity index (χ3v) is 4.83. The molecule has 0 fully saturated rings. The highest BCUT2D eigenvalue weighted by atomic mass is 19.4. The molecule has 4 aromatic rings. The van der Waals surface area contributed by atoms with Gasteiger partial charge in [-0.25, -0.2) is 13.9 Å². The van der Waals surface area contributed by atoms with Crippen LogP contribution in [-0.4, -0.2) is 30.3 Å². The molecule has 1 amide bonds. The van der Waals surface area contributed by atoms with Crippen molar-refractivity contribution in [3.05, 3.63) is 77.1 Å². The molecular weight excluding hydrogens is 440 g/mol. The number of anilines is 1. The molecule has 1 N–H and O–H groups in total. The van der Waals surface area contributed by atoms with Gasteiger partial charge in [0.05, 0.1) is 12.2 Å². The van der Waals surface area contributed by atoms with Crippen LogP contribution in [0.1, 0.15) is 48.2 Å². The summed E-state index contributed by atoms with van der Waals surface area (Å²) in [6.07, 6.45) is -3.10. The Morgan fingerprint density at radius 1 is 1.06 bits per heavy atom. The number of nitrogens with zero attached hydrogens (tertiary/aromatic N) is 5. The number of rotatable bonds is 4. The number of fused-ring (bicyclic) bond motifs is 1. The Balaban J connectivity index is 1.59. The molecule has 7 nitrogen and oxygen atoms in total. The number of hydrogen-bond donors (Lipinski definition) is 1. The zero-order valence-corrected chi connectivity index (χ0v) is 18.0. The Morgan fingerprint density at radius 3 is 2.48 bits per heavy atom. The van der Waals surface area contributed by atoms with Crippen molar-refractivity contribution in [2.75, 3.05) is 5.32 Å². The lowest BCUT2D eigenvalue weighted by molar-refractivity contribution is -0.142.